The Hall–Kier alpha value is -2.94. The van der Waals surface area contributed by atoms with Crippen LogP contribution in [-0.2, 0) is 6.54 Å². The minimum absolute atomic E-state index is 0.267. The molecule has 2 heterocycles. The van der Waals surface area contributed by atoms with E-state index in [0.717, 1.165) is 43.7 Å². The molecule has 0 fully saturated rings. The van der Waals surface area contributed by atoms with E-state index in [1.807, 2.05) is 13.1 Å². The van der Waals surface area contributed by atoms with E-state index in [-0.39, 0.29) is 6.04 Å². The second-order valence-corrected chi connectivity index (χ2v) is 8.04. The Morgan fingerprint density at radius 1 is 1.31 bits per heavy atom. The molecule has 0 bridgehead atoms. The van der Waals surface area contributed by atoms with Gasteiger partial charge in [-0.15, -0.1) is 6.58 Å². The third-order valence-corrected chi connectivity index (χ3v) is 6.38. The zero-order chi connectivity index (χ0) is 20.4. The van der Waals surface area contributed by atoms with Gasteiger partial charge in [-0.05, 0) is 42.0 Å². The third kappa shape index (κ3) is 3.69. The van der Waals surface area contributed by atoms with Gasteiger partial charge in [0.15, 0.2) is 0 Å². The highest BCUT2D eigenvalue weighted by atomic mass is 15.2. The number of rotatable bonds is 7. The molecule has 2 aromatic carbocycles. The molecular weight excluding hydrogens is 354 g/mol. The number of para-hydroxylation sites is 1. The topological polar surface area (TPSA) is 27.3 Å². The van der Waals surface area contributed by atoms with Crippen molar-refractivity contribution in [3.63, 3.8) is 0 Å². The Morgan fingerprint density at radius 3 is 2.93 bits per heavy atom. The highest BCUT2D eigenvalue weighted by Gasteiger charge is 2.29. The van der Waals surface area contributed by atoms with Crippen LogP contribution in [0.15, 0.2) is 74.0 Å². The van der Waals surface area contributed by atoms with Crippen LogP contribution in [0, 0.1) is 0 Å². The van der Waals surface area contributed by atoms with Crippen molar-refractivity contribution in [2.75, 3.05) is 18.9 Å². The van der Waals surface area contributed by atoms with Gasteiger partial charge in [0.25, 0.3) is 0 Å². The molecule has 0 saturated carbocycles. The summed E-state index contributed by atoms with van der Waals surface area (Å²) >= 11 is 0. The van der Waals surface area contributed by atoms with Gasteiger partial charge >= 0.3 is 0 Å². The average Bonchev–Trinajstić information content (AvgIpc) is 3.09. The van der Waals surface area contributed by atoms with Crippen LogP contribution in [0.3, 0.4) is 0 Å². The number of nitrogens with zero attached hydrogens (tertiary/aromatic N) is 1. The summed E-state index contributed by atoms with van der Waals surface area (Å²) in [5, 5.41) is 6.67. The quantitative estimate of drug-likeness (QED) is 0.617. The van der Waals surface area contributed by atoms with Gasteiger partial charge in [-0.2, -0.15) is 0 Å². The van der Waals surface area contributed by atoms with Crippen molar-refractivity contribution in [1.82, 2.24) is 10.2 Å². The number of allylic oxidation sites excluding steroid dienone is 1. The van der Waals surface area contributed by atoms with Crippen molar-refractivity contribution in [1.29, 1.82) is 0 Å². The highest BCUT2D eigenvalue weighted by Crippen LogP contribution is 2.40. The lowest BCUT2D eigenvalue weighted by Gasteiger charge is -2.28. The SMILES string of the molecule is C=CC(CCC(=C)NC)N1Cc2cc(C3CCNc4ccccc43)ccc2C1=C. The van der Waals surface area contributed by atoms with Crippen LogP contribution in [-0.4, -0.2) is 24.5 Å². The minimum atomic E-state index is 0.267. The minimum Gasteiger partial charge on any atom is -0.392 e. The summed E-state index contributed by atoms with van der Waals surface area (Å²) in [4.78, 5) is 2.39. The van der Waals surface area contributed by atoms with Crippen LogP contribution in [0.1, 0.15) is 47.4 Å². The van der Waals surface area contributed by atoms with Crippen molar-refractivity contribution in [3.8, 4) is 0 Å². The number of hydrogen-bond acceptors (Lipinski definition) is 3. The van der Waals surface area contributed by atoms with Crippen LogP contribution in [0.4, 0.5) is 5.69 Å². The van der Waals surface area contributed by atoms with Gasteiger partial charge in [-0.25, -0.2) is 0 Å². The molecule has 4 rings (SSSR count). The second-order valence-electron chi connectivity index (χ2n) is 8.04. The fraction of sp³-hybridized carbons (Fsp3) is 0.308. The second kappa shape index (κ2) is 8.20. The smallest absolute Gasteiger partial charge is 0.0477 e. The number of fused-ring (bicyclic) bond motifs is 2. The highest BCUT2D eigenvalue weighted by molar-refractivity contribution is 5.70. The Balaban J connectivity index is 1.56. The van der Waals surface area contributed by atoms with Gasteiger partial charge in [-0.1, -0.05) is 55.6 Å². The lowest BCUT2D eigenvalue weighted by molar-refractivity contribution is 0.331. The third-order valence-electron chi connectivity index (χ3n) is 6.38. The zero-order valence-corrected chi connectivity index (χ0v) is 17.4. The summed E-state index contributed by atoms with van der Waals surface area (Å²) < 4.78 is 0. The van der Waals surface area contributed by atoms with Crippen LogP contribution in [0.5, 0.6) is 0 Å². The fourth-order valence-corrected chi connectivity index (χ4v) is 4.66. The number of benzene rings is 2. The molecule has 3 nitrogen and oxygen atoms in total. The van der Waals surface area contributed by atoms with Gasteiger partial charge in [0.1, 0.15) is 0 Å². The maximum Gasteiger partial charge on any atom is 0.0477 e. The van der Waals surface area contributed by atoms with Crippen molar-refractivity contribution < 1.29 is 0 Å². The Morgan fingerprint density at radius 2 is 2.14 bits per heavy atom. The molecule has 2 aromatic rings. The molecule has 150 valence electrons. The summed E-state index contributed by atoms with van der Waals surface area (Å²) in [5.74, 6) is 0.453. The Bertz CT molecular complexity index is 943. The standard InChI is InChI=1S/C26H31N3/c1-5-22(12-10-18(2)27-4)29-17-21-16-20(11-13-23(21)19(29)3)24-14-15-28-26-9-7-6-8-25(24)26/h5-9,11,13,16,22,24,27-28H,1-3,10,12,14-15,17H2,4H3. The number of hydrogen-bond donors (Lipinski definition) is 2. The zero-order valence-electron chi connectivity index (χ0n) is 17.4. The molecule has 0 saturated heterocycles. The molecule has 2 unspecified atom stereocenters. The monoisotopic (exact) mass is 385 g/mol. The molecule has 2 aliphatic rings. The summed E-state index contributed by atoms with van der Waals surface area (Å²) in [7, 11) is 1.93. The molecule has 0 amide bonds. The summed E-state index contributed by atoms with van der Waals surface area (Å²) in [6.07, 6.45) is 5.10. The lowest BCUT2D eigenvalue weighted by atomic mass is 9.84. The first-order chi connectivity index (χ1) is 14.1. The van der Waals surface area contributed by atoms with E-state index in [1.54, 1.807) is 0 Å². The van der Waals surface area contributed by atoms with Crippen molar-refractivity contribution in [2.24, 2.45) is 0 Å². The summed E-state index contributed by atoms with van der Waals surface area (Å²) in [5.41, 5.74) is 8.90. The first-order valence-corrected chi connectivity index (χ1v) is 10.5. The van der Waals surface area contributed by atoms with Crippen molar-refractivity contribution >= 4 is 11.4 Å². The molecule has 3 heteroatoms. The maximum absolute atomic E-state index is 4.40. The first-order valence-electron chi connectivity index (χ1n) is 10.5. The first kappa shape index (κ1) is 19.4. The van der Waals surface area contributed by atoms with Crippen molar-refractivity contribution in [3.05, 3.63) is 96.2 Å². The molecule has 0 radical (unpaired) electrons. The van der Waals surface area contributed by atoms with E-state index >= 15 is 0 Å². The van der Waals surface area contributed by atoms with Gasteiger partial charge in [0, 0.05) is 54.7 Å². The number of nitrogens with one attached hydrogen (secondary N) is 2. The van der Waals surface area contributed by atoms with E-state index in [2.05, 4.69) is 77.7 Å². The molecule has 2 aliphatic heterocycles. The van der Waals surface area contributed by atoms with Gasteiger partial charge in [-0.3, -0.25) is 0 Å². The molecule has 2 N–H and O–H groups in total. The largest absolute Gasteiger partial charge is 0.392 e. The van der Waals surface area contributed by atoms with Crippen LogP contribution < -0.4 is 10.6 Å². The number of anilines is 1. The van der Waals surface area contributed by atoms with Crippen LogP contribution in [0.25, 0.3) is 5.70 Å². The van der Waals surface area contributed by atoms with Crippen LogP contribution in [0.2, 0.25) is 0 Å². The van der Waals surface area contributed by atoms with E-state index in [9.17, 15) is 0 Å². The fourth-order valence-electron chi connectivity index (χ4n) is 4.66. The van der Waals surface area contributed by atoms with E-state index < -0.39 is 0 Å². The Labute approximate surface area is 174 Å². The summed E-state index contributed by atoms with van der Waals surface area (Å²) in [6.45, 7) is 14.5. The maximum atomic E-state index is 4.40. The molecule has 29 heavy (non-hydrogen) atoms. The van der Waals surface area contributed by atoms with Gasteiger partial charge in [0.05, 0.1) is 0 Å². The molecular formula is C26H31N3. The predicted molar refractivity (Wildman–Crippen MR) is 124 cm³/mol. The van der Waals surface area contributed by atoms with E-state index in [0.29, 0.717) is 5.92 Å². The van der Waals surface area contributed by atoms with Crippen molar-refractivity contribution in [2.45, 2.75) is 37.8 Å². The van der Waals surface area contributed by atoms with E-state index in [1.165, 1.54) is 27.9 Å². The molecule has 0 aromatic heterocycles. The molecule has 0 spiro atoms. The van der Waals surface area contributed by atoms with Gasteiger partial charge in [0.2, 0.25) is 0 Å². The lowest BCUT2D eigenvalue weighted by Crippen LogP contribution is -2.28. The van der Waals surface area contributed by atoms with E-state index in [4.69, 9.17) is 0 Å². The Kier molecular flexibility index (Phi) is 5.48. The molecule has 0 aliphatic carbocycles. The normalized spacial score (nSPS) is 18.4. The predicted octanol–water partition coefficient (Wildman–Crippen LogP) is 5.49. The van der Waals surface area contributed by atoms with Gasteiger partial charge < -0.3 is 15.5 Å². The van der Waals surface area contributed by atoms with Crippen LogP contribution >= 0.6 is 0 Å². The summed E-state index contributed by atoms with van der Waals surface area (Å²) in [6, 6.07) is 15.9. The molecule has 2 atom stereocenters. The average molecular weight is 386 g/mol.